The zero-order valence-electron chi connectivity index (χ0n) is 14.8. The molecule has 5 nitrogen and oxygen atoms in total. The van der Waals surface area contributed by atoms with Crippen molar-refractivity contribution in [3.05, 3.63) is 71.4 Å². The minimum Gasteiger partial charge on any atom is -0.465 e. The number of para-hydroxylation sites is 1. The molecule has 5 heteroatoms. The van der Waals surface area contributed by atoms with E-state index in [1.807, 2.05) is 35.0 Å². The largest absolute Gasteiger partial charge is 0.465 e. The molecule has 27 heavy (non-hydrogen) atoms. The number of nitrogens with zero attached hydrogens (tertiary/aromatic N) is 3. The Hall–Kier alpha value is -3.83. The number of fused-ring (bicyclic) bond motifs is 1. The topological polar surface area (TPSA) is 78.8 Å². The Morgan fingerprint density at radius 1 is 1.15 bits per heavy atom. The van der Waals surface area contributed by atoms with Crippen molar-refractivity contribution < 1.29 is 9.53 Å². The highest BCUT2D eigenvalue weighted by Crippen LogP contribution is 2.26. The Balaban J connectivity index is 2.04. The van der Waals surface area contributed by atoms with Crippen LogP contribution in [0.3, 0.4) is 0 Å². The van der Waals surface area contributed by atoms with Crippen molar-refractivity contribution in [2.75, 3.05) is 6.61 Å². The quantitative estimate of drug-likeness (QED) is 0.509. The van der Waals surface area contributed by atoms with Gasteiger partial charge in [0.15, 0.2) is 0 Å². The van der Waals surface area contributed by atoms with Crippen LogP contribution in [0.25, 0.3) is 22.6 Å². The molecule has 3 aromatic rings. The first kappa shape index (κ1) is 18.0. The van der Waals surface area contributed by atoms with Crippen molar-refractivity contribution >= 4 is 28.5 Å². The third kappa shape index (κ3) is 3.89. The normalized spacial score (nSPS) is 11.0. The molecular formula is C22H17N3O2. The zero-order valence-corrected chi connectivity index (χ0v) is 14.8. The molecule has 3 rings (SSSR count). The minimum absolute atomic E-state index is 0.112. The number of ether oxygens (including phenoxy) is 1. The Morgan fingerprint density at radius 3 is 2.56 bits per heavy atom. The van der Waals surface area contributed by atoms with E-state index in [2.05, 4.69) is 12.1 Å². The highest BCUT2D eigenvalue weighted by molar-refractivity contribution is 5.98. The van der Waals surface area contributed by atoms with Crippen LogP contribution in [0.15, 0.2) is 54.7 Å². The molecular weight excluding hydrogens is 338 g/mol. The monoisotopic (exact) mass is 355 g/mol. The van der Waals surface area contributed by atoms with Gasteiger partial charge in [-0.05, 0) is 36.8 Å². The summed E-state index contributed by atoms with van der Waals surface area (Å²) in [5.74, 6) is -0.304. The zero-order chi connectivity index (χ0) is 19.2. The minimum atomic E-state index is -0.304. The summed E-state index contributed by atoms with van der Waals surface area (Å²) < 4.78 is 6.87. The fraction of sp³-hybridized carbons (Fsp3) is 0.136. The summed E-state index contributed by atoms with van der Waals surface area (Å²) in [6, 6.07) is 18.9. The van der Waals surface area contributed by atoms with E-state index in [-0.39, 0.29) is 12.5 Å². The van der Waals surface area contributed by atoms with Gasteiger partial charge in [-0.2, -0.15) is 10.5 Å². The van der Waals surface area contributed by atoms with Crippen molar-refractivity contribution in [1.29, 1.82) is 10.5 Å². The first-order chi connectivity index (χ1) is 13.2. The Morgan fingerprint density at radius 2 is 1.89 bits per heavy atom. The fourth-order valence-corrected chi connectivity index (χ4v) is 2.93. The van der Waals surface area contributed by atoms with Crippen LogP contribution in [0.2, 0.25) is 0 Å². The van der Waals surface area contributed by atoms with E-state index in [4.69, 9.17) is 10.00 Å². The maximum atomic E-state index is 11.9. The van der Waals surface area contributed by atoms with Crippen molar-refractivity contribution in [1.82, 2.24) is 4.57 Å². The van der Waals surface area contributed by atoms with Gasteiger partial charge in [0, 0.05) is 22.7 Å². The van der Waals surface area contributed by atoms with Crippen LogP contribution in [0.1, 0.15) is 23.6 Å². The van der Waals surface area contributed by atoms with Crippen LogP contribution in [0.4, 0.5) is 0 Å². The molecule has 0 spiro atoms. The second-order valence-corrected chi connectivity index (χ2v) is 5.89. The number of benzene rings is 2. The van der Waals surface area contributed by atoms with E-state index in [9.17, 15) is 10.1 Å². The summed E-state index contributed by atoms with van der Waals surface area (Å²) in [4.78, 5) is 11.9. The van der Waals surface area contributed by atoms with Gasteiger partial charge < -0.3 is 9.30 Å². The van der Waals surface area contributed by atoms with Gasteiger partial charge in [-0.1, -0.05) is 30.3 Å². The SMILES string of the molecule is CCOC(=O)Cn1cc(/C=C(\C#N)c2ccc(C#N)cc2)c2ccccc21. The lowest BCUT2D eigenvalue weighted by molar-refractivity contribution is -0.143. The Kier molecular flexibility index (Phi) is 5.35. The van der Waals surface area contributed by atoms with Gasteiger partial charge in [0.25, 0.3) is 0 Å². The second kappa shape index (κ2) is 8.03. The van der Waals surface area contributed by atoms with E-state index in [1.165, 1.54) is 0 Å². The van der Waals surface area contributed by atoms with Crippen LogP contribution in [-0.4, -0.2) is 17.1 Å². The molecule has 1 heterocycles. The molecule has 0 unspecified atom stereocenters. The lowest BCUT2D eigenvalue weighted by atomic mass is 10.0. The second-order valence-electron chi connectivity index (χ2n) is 5.89. The number of hydrogen-bond acceptors (Lipinski definition) is 4. The van der Waals surface area contributed by atoms with Gasteiger partial charge in [-0.3, -0.25) is 4.79 Å². The number of nitriles is 2. The van der Waals surface area contributed by atoms with Crippen molar-refractivity contribution in [3.8, 4) is 12.1 Å². The van der Waals surface area contributed by atoms with Gasteiger partial charge in [0.2, 0.25) is 0 Å². The third-order valence-corrected chi connectivity index (χ3v) is 4.17. The van der Waals surface area contributed by atoms with Gasteiger partial charge in [0.1, 0.15) is 6.54 Å². The number of carbonyl (C=O) groups excluding carboxylic acids is 1. The molecule has 0 atom stereocenters. The van der Waals surface area contributed by atoms with Crippen LogP contribution >= 0.6 is 0 Å². The Labute approximate surface area is 157 Å². The number of hydrogen-bond donors (Lipinski definition) is 0. The van der Waals surface area contributed by atoms with Gasteiger partial charge in [-0.25, -0.2) is 0 Å². The maximum absolute atomic E-state index is 11.9. The lowest BCUT2D eigenvalue weighted by Crippen LogP contribution is -2.12. The standard InChI is InChI=1S/C22H17N3O2/c1-2-27-22(26)15-25-14-19(20-5-3-4-6-21(20)25)11-18(13-24)17-9-7-16(12-23)8-10-17/h3-11,14H,2,15H2,1H3/b18-11+. The summed E-state index contributed by atoms with van der Waals surface area (Å²) in [5, 5.41) is 19.5. The summed E-state index contributed by atoms with van der Waals surface area (Å²) in [7, 11) is 0. The van der Waals surface area contributed by atoms with Crippen LogP contribution in [0.5, 0.6) is 0 Å². The predicted molar refractivity (Wildman–Crippen MR) is 103 cm³/mol. The van der Waals surface area contributed by atoms with E-state index < -0.39 is 0 Å². The third-order valence-electron chi connectivity index (χ3n) is 4.17. The molecule has 0 aliphatic heterocycles. The van der Waals surface area contributed by atoms with Crippen molar-refractivity contribution in [3.63, 3.8) is 0 Å². The van der Waals surface area contributed by atoms with Gasteiger partial charge >= 0.3 is 5.97 Å². The number of esters is 1. The molecule has 0 saturated carbocycles. The average Bonchev–Trinajstić information content (AvgIpc) is 3.04. The Bertz CT molecular complexity index is 1090. The summed E-state index contributed by atoms with van der Waals surface area (Å²) in [6.07, 6.45) is 3.65. The maximum Gasteiger partial charge on any atom is 0.325 e. The average molecular weight is 355 g/mol. The molecule has 0 saturated heterocycles. The molecule has 132 valence electrons. The van der Waals surface area contributed by atoms with Crippen LogP contribution in [0, 0.1) is 22.7 Å². The fourth-order valence-electron chi connectivity index (χ4n) is 2.93. The predicted octanol–water partition coefficient (Wildman–Crippen LogP) is 4.14. The molecule has 0 aliphatic rings. The number of carbonyl (C=O) groups is 1. The first-order valence-electron chi connectivity index (χ1n) is 8.52. The molecule has 0 aliphatic carbocycles. The number of allylic oxidation sites excluding steroid dienone is 1. The molecule has 0 N–H and O–H groups in total. The summed E-state index contributed by atoms with van der Waals surface area (Å²) in [6.45, 7) is 2.22. The van der Waals surface area contributed by atoms with Crippen LogP contribution in [-0.2, 0) is 16.1 Å². The highest BCUT2D eigenvalue weighted by atomic mass is 16.5. The number of rotatable bonds is 5. The molecule has 0 amide bonds. The molecule has 1 aromatic heterocycles. The number of aromatic nitrogens is 1. The summed E-state index contributed by atoms with van der Waals surface area (Å²) >= 11 is 0. The van der Waals surface area contributed by atoms with E-state index in [0.717, 1.165) is 22.0 Å². The van der Waals surface area contributed by atoms with Crippen molar-refractivity contribution in [2.24, 2.45) is 0 Å². The van der Waals surface area contributed by atoms with Crippen molar-refractivity contribution in [2.45, 2.75) is 13.5 Å². The molecule has 0 fully saturated rings. The van der Waals surface area contributed by atoms with E-state index in [0.29, 0.717) is 17.7 Å². The van der Waals surface area contributed by atoms with E-state index in [1.54, 1.807) is 37.3 Å². The smallest absolute Gasteiger partial charge is 0.325 e. The lowest BCUT2D eigenvalue weighted by Gasteiger charge is -2.04. The first-order valence-corrected chi connectivity index (χ1v) is 8.52. The summed E-state index contributed by atoms with van der Waals surface area (Å²) in [5.41, 5.74) is 3.50. The molecule has 0 bridgehead atoms. The highest BCUT2D eigenvalue weighted by Gasteiger charge is 2.11. The van der Waals surface area contributed by atoms with Gasteiger partial charge in [-0.15, -0.1) is 0 Å². The molecule has 2 aromatic carbocycles. The van der Waals surface area contributed by atoms with Gasteiger partial charge in [0.05, 0.1) is 29.9 Å². The van der Waals surface area contributed by atoms with Crippen LogP contribution < -0.4 is 0 Å². The van der Waals surface area contributed by atoms with E-state index >= 15 is 0 Å². The molecule has 0 radical (unpaired) electrons.